The van der Waals surface area contributed by atoms with Gasteiger partial charge in [-0.15, -0.1) is 0 Å². The van der Waals surface area contributed by atoms with Crippen LogP contribution in [0.15, 0.2) is 97.1 Å². The first-order chi connectivity index (χ1) is 22.7. The third kappa shape index (κ3) is 6.89. The normalized spacial score (nSPS) is 18.5. The molecule has 0 bridgehead atoms. The molecule has 0 aromatic heterocycles. The van der Waals surface area contributed by atoms with Crippen molar-refractivity contribution in [2.24, 2.45) is 11.8 Å². The quantitative estimate of drug-likeness (QED) is 0.211. The summed E-state index contributed by atoms with van der Waals surface area (Å²) in [5.41, 5.74) is 3.21. The summed E-state index contributed by atoms with van der Waals surface area (Å²) in [5.74, 6) is -3.39. The molecule has 47 heavy (non-hydrogen) atoms. The van der Waals surface area contributed by atoms with E-state index in [1.807, 2.05) is 68.4 Å². The molecule has 3 atom stereocenters. The smallest absolute Gasteiger partial charge is 0.252 e. The minimum atomic E-state index is -1.58. The molecule has 1 saturated heterocycles. The van der Waals surface area contributed by atoms with Crippen LogP contribution in [0.2, 0.25) is 0 Å². The number of rotatable bonds is 10. The molecule has 6 rings (SSSR count). The van der Waals surface area contributed by atoms with Gasteiger partial charge in [0.05, 0.1) is 5.69 Å². The fraction of sp³-hybridized carbons (Fsp3) is 0.289. The monoisotopic (exact) mass is 637 g/mol. The van der Waals surface area contributed by atoms with E-state index < -0.39 is 47.5 Å². The molecule has 0 radical (unpaired) electrons. The summed E-state index contributed by atoms with van der Waals surface area (Å²) in [5, 5.41) is 5.80. The van der Waals surface area contributed by atoms with Gasteiger partial charge in [0.15, 0.2) is 0 Å². The van der Waals surface area contributed by atoms with E-state index in [0.717, 1.165) is 22.8 Å². The molecule has 4 aromatic rings. The van der Waals surface area contributed by atoms with Crippen LogP contribution in [0.5, 0.6) is 5.75 Å². The number of carbonyl (C=O) groups excluding carboxylic acids is 3. The summed E-state index contributed by atoms with van der Waals surface area (Å²) in [6.45, 7) is 4.05. The van der Waals surface area contributed by atoms with Crippen LogP contribution in [0.4, 0.5) is 14.5 Å². The summed E-state index contributed by atoms with van der Waals surface area (Å²) in [7, 11) is 0. The molecule has 3 amide bonds. The van der Waals surface area contributed by atoms with Crippen molar-refractivity contribution in [1.82, 2.24) is 10.2 Å². The zero-order chi connectivity index (χ0) is 33.1. The number of anilines is 1. The maximum atomic E-state index is 15.7. The van der Waals surface area contributed by atoms with E-state index in [9.17, 15) is 18.8 Å². The van der Waals surface area contributed by atoms with E-state index in [4.69, 9.17) is 4.74 Å². The topological polar surface area (TPSA) is 87.7 Å². The van der Waals surface area contributed by atoms with E-state index in [0.29, 0.717) is 30.3 Å². The Balaban J connectivity index is 1.37. The molecular weight excluding hydrogens is 600 g/mol. The highest BCUT2D eigenvalue weighted by molar-refractivity contribution is 6.03. The summed E-state index contributed by atoms with van der Waals surface area (Å²) in [6.07, 6.45) is 1.38. The number of nitrogens with one attached hydrogen (secondary N) is 2. The molecule has 2 N–H and O–H groups in total. The second-order valence-electron chi connectivity index (χ2n) is 12.6. The Morgan fingerprint density at radius 3 is 2.26 bits per heavy atom. The van der Waals surface area contributed by atoms with Gasteiger partial charge in [-0.25, -0.2) is 8.78 Å². The lowest BCUT2D eigenvalue weighted by atomic mass is 9.87. The van der Waals surface area contributed by atoms with Crippen LogP contribution in [-0.4, -0.2) is 34.7 Å². The van der Waals surface area contributed by atoms with Crippen LogP contribution in [0.3, 0.4) is 0 Å². The summed E-state index contributed by atoms with van der Waals surface area (Å²) < 4.78 is 35.8. The minimum Gasteiger partial charge on any atom is -0.487 e. The number of nitrogens with zero attached hydrogens (tertiary/aromatic N) is 1. The van der Waals surface area contributed by atoms with Gasteiger partial charge in [-0.1, -0.05) is 86.6 Å². The van der Waals surface area contributed by atoms with Crippen molar-refractivity contribution in [2.75, 3.05) is 5.32 Å². The number of para-hydroxylation sites is 2. The zero-order valence-corrected chi connectivity index (χ0v) is 26.3. The van der Waals surface area contributed by atoms with Crippen LogP contribution in [-0.2, 0) is 33.8 Å². The summed E-state index contributed by atoms with van der Waals surface area (Å²) in [6, 6.07) is 23.5. The number of halogens is 2. The maximum absolute atomic E-state index is 15.7. The van der Waals surface area contributed by atoms with Crippen LogP contribution >= 0.6 is 0 Å². The van der Waals surface area contributed by atoms with Gasteiger partial charge in [-0.3, -0.25) is 14.4 Å². The van der Waals surface area contributed by atoms with Crippen molar-refractivity contribution in [2.45, 2.75) is 57.8 Å². The molecule has 9 heteroatoms. The van der Waals surface area contributed by atoms with Gasteiger partial charge >= 0.3 is 0 Å². The van der Waals surface area contributed by atoms with Gasteiger partial charge in [-0.05, 0) is 66.0 Å². The number of ether oxygens (including phenoxy) is 1. The van der Waals surface area contributed by atoms with Crippen molar-refractivity contribution in [3.8, 4) is 5.75 Å². The molecule has 242 valence electrons. The number of benzene rings is 4. The highest BCUT2D eigenvalue weighted by Gasteiger charge is 2.50. The molecule has 0 spiro atoms. The van der Waals surface area contributed by atoms with E-state index in [1.54, 1.807) is 24.3 Å². The highest BCUT2D eigenvalue weighted by atomic mass is 19.1. The molecule has 1 fully saturated rings. The molecule has 1 aliphatic heterocycles. The molecular formula is C38H37F2N3O4. The predicted octanol–water partition coefficient (Wildman–Crippen LogP) is 6.38. The number of piperazine rings is 1. The van der Waals surface area contributed by atoms with Crippen LogP contribution in [0, 0.1) is 23.5 Å². The largest absolute Gasteiger partial charge is 0.487 e. The first-order valence-corrected chi connectivity index (χ1v) is 15.9. The Hall–Kier alpha value is -5.05. The van der Waals surface area contributed by atoms with Gasteiger partial charge in [0.25, 0.3) is 5.91 Å². The molecule has 1 heterocycles. The van der Waals surface area contributed by atoms with Gasteiger partial charge < -0.3 is 20.3 Å². The first kappa shape index (κ1) is 31.9. The Morgan fingerprint density at radius 1 is 0.915 bits per heavy atom. The fourth-order valence-electron chi connectivity index (χ4n) is 6.65. The van der Waals surface area contributed by atoms with Gasteiger partial charge in [0, 0.05) is 11.6 Å². The standard InChI is InChI=1S/C38H37F2N3O4/c1-23(2)18-32-36(44)42-34(27-19-25-12-6-7-13-26(25)20-27)38(46)43(32)35(29-17-16-28(39)21-30(29)40)37(45)41-31-14-8-9-15-33(31)47-22-24-10-4-3-5-11-24/h3-17,21,23,27,32,34-35H,18-20,22H2,1-2H3,(H,41,45)(H,42,44). The zero-order valence-electron chi connectivity index (χ0n) is 26.3. The number of fused-ring (bicyclic) bond motifs is 1. The molecule has 7 nitrogen and oxygen atoms in total. The average Bonchev–Trinajstić information content (AvgIpc) is 3.49. The minimum absolute atomic E-state index is 0.0396. The highest BCUT2D eigenvalue weighted by Crippen LogP contribution is 2.37. The second-order valence-corrected chi connectivity index (χ2v) is 12.6. The molecule has 1 aliphatic carbocycles. The lowest BCUT2D eigenvalue weighted by Gasteiger charge is -2.44. The van der Waals surface area contributed by atoms with Gasteiger partial charge in [0.1, 0.15) is 42.1 Å². The number of hydrogen-bond donors (Lipinski definition) is 2. The fourth-order valence-corrected chi connectivity index (χ4v) is 6.65. The SMILES string of the molecule is CC(C)CC1C(=O)NC(C2Cc3ccccc3C2)C(=O)N1C(C(=O)Nc1ccccc1OCc1ccccc1)c1ccc(F)cc1F. The molecule has 2 aliphatic rings. The van der Waals surface area contributed by atoms with Crippen molar-refractivity contribution < 1.29 is 27.9 Å². The first-order valence-electron chi connectivity index (χ1n) is 15.9. The van der Waals surface area contributed by atoms with E-state index in [1.165, 1.54) is 11.0 Å². The Morgan fingerprint density at radius 2 is 1.57 bits per heavy atom. The van der Waals surface area contributed by atoms with Crippen molar-refractivity contribution in [3.05, 3.63) is 131 Å². The van der Waals surface area contributed by atoms with Crippen LogP contribution < -0.4 is 15.4 Å². The molecule has 3 unspecified atom stereocenters. The maximum Gasteiger partial charge on any atom is 0.252 e. The third-order valence-corrected chi connectivity index (χ3v) is 8.87. The molecule has 0 saturated carbocycles. The van der Waals surface area contributed by atoms with Crippen molar-refractivity contribution >= 4 is 23.4 Å². The van der Waals surface area contributed by atoms with E-state index in [-0.39, 0.29) is 30.4 Å². The Labute approximate surface area is 272 Å². The van der Waals surface area contributed by atoms with Crippen LogP contribution in [0.1, 0.15) is 48.6 Å². The predicted molar refractivity (Wildman–Crippen MR) is 174 cm³/mol. The lowest BCUT2D eigenvalue weighted by molar-refractivity contribution is -0.157. The van der Waals surface area contributed by atoms with Gasteiger partial charge in [-0.2, -0.15) is 0 Å². The number of carbonyl (C=O) groups is 3. The number of hydrogen-bond acceptors (Lipinski definition) is 4. The van der Waals surface area contributed by atoms with Crippen molar-refractivity contribution in [1.29, 1.82) is 0 Å². The summed E-state index contributed by atoms with van der Waals surface area (Å²) in [4.78, 5) is 44.1. The van der Waals surface area contributed by atoms with Crippen molar-refractivity contribution in [3.63, 3.8) is 0 Å². The summed E-state index contributed by atoms with van der Waals surface area (Å²) >= 11 is 0. The van der Waals surface area contributed by atoms with E-state index in [2.05, 4.69) is 10.6 Å². The second kappa shape index (κ2) is 13.7. The van der Waals surface area contributed by atoms with E-state index >= 15 is 4.39 Å². The third-order valence-electron chi connectivity index (χ3n) is 8.87. The Kier molecular flexibility index (Phi) is 9.33. The van der Waals surface area contributed by atoms with Gasteiger partial charge in [0.2, 0.25) is 11.8 Å². The lowest BCUT2D eigenvalue weighted by Crippen LogP contribution is -2.67. The van der Waals surface area contributed by atoms with Crippen LogP contribution in [0.25, 0.3) is 0 Å². The molecule has 4 aromatic carbocycles. The average molecular weight is 638 g/mol. The Bertz CT molecular complexity index is 1750. The number of amides is 3.